The third kappa shape index (κ3) is 3.31. The lowest BCUT2D eigenvalue weighted by Crippen LogP contribution is -2.27. The minimum Gasteiger partial charge on any atom is -0.255 e. The SMILES string of the molecule is CC(C)CNS(=O)(=O)c1cnc2cc(Br)ccc2c1Cl. The first-order chi connectivity index (χ1) is 9.31. The van der Waals surface area contributed by atoms with E-state index in [1.54, 1.807) is 18.2 Å². The summed E-state index contributed by atoms with van der Waals surface area (Å²) in [6.07, 6.45) is 1.29. The second-order valence-corrected chi connectivity index (χ2v) is 7.87. The molecule has 0 aliphatic rings. The van der Waals surface area contributed by atoms with Gasteiger partial charge in [0.2, 0.25) is 10.0 Å². The number of hydrogen-bond donors (Lipinski definition) is 1. The summed E-state index contributed by atoms with van der Waals surface area (Å²) in [7, 11) is -3.64. The van der Waals surface area contributed by atoms with E-state index in [0.29, 0.717) is 17.4 Å². The van der Waals surface area contributed by atoms with Gasteiger partial charge in [-0.05, 0) is 18.1 Å². The predicted molar refractivity (Wildman–Crippen MR) is 84.5 cm³/mol. The molecule has 1 N–H and O–H groups in total. The van der Waals surface area contributed by atoms with E-state index < -0.39 is 10.0 Å². The number of halogens is 2. The van der Waals surface area contributed by atoms with Crippen molar-refractivity contribution in [1.29, 1.82) is 0 Å². The molecule has 0 bridgehead atoms. The molecule has 0 radical (unpaired) electrons. The Balaban J connectivity index is 2.50. The van der Waals surface area contributed by atoms with E-state index >= 15 is 0 Å². The summed E-state index contributed by atoms with van der Waals surface area (Å²) in [5, 5.41) is 0.807. The highest BCUT2D eigenvalue weighted by Crippen LogP contribution is 2.30. The van der Waals surface area contributed by atoms with Crippen molar-refractivity contribution in [2.75, 3.05) is 6.54 Å². The molecule has 1 aromatic carbocycles. The first-order valence-corrected chi connectivity index (χ1v) is 8.70. The van der Waals surface area contributed by atoms with Gasteiger partial charge in [0.1, 0.15) is 4.90 Å². The van der Waals surface area contributed by atoms with E-state index in [4.69, 9.17) is 11.6 Å². The Bertz CT molecular complexity index is 747. The number of rotatable bonds is 4. The zero-order valence-corrected chi connectivity index (χ0v) is 14.2. The molecule has 1 heterocycles. The minimum absolute atomic E-state index is 0.00893. The number of benzene rings is 1. The van der Waals surface area contributed by atoms with Gasteiger partial charge in [-0.2, -0.15) is 0 Å². The number of pyridine rings is 1. The summed E-state index contributed by atoms with van der Waals surface area (Å²) >= 11 is 9.56. The van der Waals surface area contributed by atoms with Gasteiger partial charge in [0, 0.05) is 22.6 Å². The van der Waals surface area contributed by atoms with Gasteiger partial charge in [-0.3, -0.25) is 4.98 Å². The number of fused-ring (bicyclic) bond motifs is 1. The molecule has 0 aliphatic carbocycles. The lowest BCUT2D eigenvalue weighted by Gasteiger charge is -2.11. The van der Waals surface area contributed by atoms with E-state index in [9.17, 15) is 8.42 Å². The summed E-state index contributed by atoms with van der Waals surface area (Å²) in [6.45, 7) is 4.22. The summed E-state index contributed by atoms with van der Waals surface area (Å²) in [5.41, 5.74) is 0.646. The summed E-state index contributed by atoms with van der Waals surface area (Å²) in [6, 6.07) is 5.34. The van der Waals surface area contributed by atoms with E-state index in [2.05, 4.69) is 25.6 Å². The molecule has 0 saturated carbocycles. The first kappa shape index (κ1) is 15.7. The fourth-order valence-corrected chi connectivity index (χ4v) is 3.76. The molecule has 0 aliphatic heterocycles. The maximum absolute atomic E-state index is 12.2. The van der Waals surface area contributed by atoms with Crippen molar-refractivity contribution in [3.63, 3.8) is 0 Å². The minimum atomic E-state index is -3.64. The van der Waals surface area contributed by atoms with Gasteiger partial charge in [0.15, 0.2) is 0 Å². The second kappa shape index (κ2) is 5.97. The predicted octanol–water partition coefficient (Wildman–Crippen LogP) is 3.59. The summed E-state index contributed by atoms with van der Waals surface area (Å²) in [5.74, 6) is 0.216. The van der Waals surface area contributed by atoms with Gasteiger partial charge in [-0.1, -0.05) is 47.4 Å². The highest BCUT2D eigenvalue weighted by molar-refractivity contribution is 9.10. The van der Waals surface area contributed by atoms with Crippen molar-refractivity contribution < 1.29 is 8.42 Å². The van der Waals surface area contributed by atoms with E-state index in [1.165, 1.54) is 6.20 Å². The summed E-state index contributed by atoms with van der Waals surface area (Å²) < 4.78 is 27.8. The average molecular weight is 378 g/mol. The van der Waals surface area contributed by atoms with Crippen LogP contribution in [-0.4, -0.2) is 19.9 Å². The smallest absolute Gasteiger partial charge is 0.243 e. The molecule has 4 nitrogen and oxygen atoms in total. The Morgan fingerprint density at radius 2 is 2.10 bits per heavy atom. The maximum atomic E-state index is 12.2. The Morgan fingerprint density at radius 1 is 1.40 bits per heavy atom. The van der Waals surface area contributed by atoms with Crippen molar-refractivity contribution in [3.05, 3.63) is 33.9 Å². The molecule has 0 saturated heterocycles. The van der Waals surface area contributed by atoms with Crippen LogP contribution >= 0.6 is 27.5 Å². The third-order valence-electron chi connectivity index (χ3n) is 2.70. The first-order valence-electron chi connectivity index (χ1n) is 6.04. The largest absolute Gasteiger partial charge is 0.255 e. The second-order valence-electron chi connectivity index (χ2n) is 4.84. The number of sulfonamides is 1. The molecular formula is C13H14BrClN2O2S. The van der Waals surface area contributed by atoms with Gasteiger partial charge in [0.05, 0.1) is 10.5 Å². The van der Waals surface area contributed by atoms with Gasteiger partial charge in [-0.15, -0.1) is 0 Å². The van der Waals surface area contributed by atoms with Crippen LogP contribution in [0, 0.1) is 5.92 Å². The lowest BCUT2D eigenvalue weighted by atomic mass is 10.2. The highest BCUT2D eigenvalue weighted by Gasteiger charge is 2.20. The van der Waals surface area contributed by atoms with Gasteiger partial charge in [0.25, 0.3) is 0 Å². The zero-order chi connectivity index (χ0) is 14.9. The van der Waals surface area contributed by atoms with Crippen LogP contribution in [0.25, 0.3) is 10.9 Å². The van der Waals surface area contributed by atoms with Crippen molar-refractivity contribution >= 4 is 48.5 Å². The fourth-order valence-electron chi connectivity index (χ4n) is 1.66. The Hall–Kier alpha value is -0.690. The molecule has 7 heteroatoms. The Labute approximate surface area is 131 Å². The maximum Gasteiger partial charge on any atom is 0.243 e. The van der Waals surface area contributed by atoms with Crippen molar-refractivity contribution in [1.82, 2.24) is 9.71 Å². The monoisotopic (exact) mass is 376 g/mol. The standard InChI is InChI=1S/C13H14BrClN2O2S/c1-8(2)6-17-20(18,19)12-7-16-11-5-9(14)3-4-10(11)13(12)15/h3-5,7-8,17H,6H2,1-2H3. The van der Waals surface area contributed by atoms with Crippen LogP contribution in [0.4, 0.5) is 0 Å². The van der Waals surface area contributed by atoms with Crippen LogP contribution in [0.5, 0.6) is 0 Å². The quantitative estimate of drug-likeness (QED) is 0.886. The molecular weight excluding hydrogens is 364 g/mol. The topological polar surface area (TPSA) is 59.1 Å². The average Bonchev–Trinajstić information content (AvgIpc) is 2.36. The molecule has 0 fully saturated rings. The van der Waals surface area contributed by atoms with Crippen LogP contribution in [0.3, 0.4) is 0 Å². The lowest BCUT2D eigenvalue weighted by molar-refractivity contribution is 0.560. The van der Waals surface area contributed by atoms with Gasteiger partial charge >= 0.3 is 0 Å². The number of nitrogens with zero attached hydrogens (tertiary/aromatic N) is 1. The molecule has 0 unspecified atom stereocenters. The third-order valence-corrected chi connectivity index (χ3v) is 5.15. The molecule has 0 spiro atoms. The number of aromatic nitrogens is 1. The molecule has 20 heavy (non-hydrogen) atoms. The molecule has 1 aromatic heterocycles. The zero-order valence-electron chi connectivity index (χ0n) is 11.0. The van der Waals surface area contributed by atoms with Crippen LogP contribution in [0.15, 0.2) is 33.8 Å². The molecule has 2 rings (SSSR count). The van der Waals surface area contributed by atoms with Crippen molar-refractivity contribution in [3.8, 4) is 0 Å². The highest BCUT2D eigenvalue weighted by atomic mass is 79.9. The summed E-state index contributed by atoms with van der Waals surface area (Å²) in [4.78, 5) is 4.17. The number of hydrogen-bond acceptors (Lipinski definition) is 3. The fraction of sp³-hybridized carbons (Fsp3) is 0.308. The Kier molecular flexibility index (Phi) is 4.69. The van der Waals surface area contributed by atoms with Gasteiger partial charge in [-0.25, -0.2) is 13.1 Å². The van der Waals surface area contributed by atoms with E-state index in [-0.39, 0.29) is 15.8 Å². The van der Waals surface area contributed by atoms with E-state index in [1.807, 2.05) is 13.8 Å². The number of nitrogens with one attached hydrogen (secondary N) is 1. The van der Waals surface area contributed by atoms with Crippen LogP contribution < -0.4 is 4.72 Å². The van der Waals surface area contributed by atoms with Crippen molar-refractivity contribution in [2.24, 2.45) is 5.92 Å². The molecule has 0 amide bonds. The van der Waals surface area contributed by atoms with Crippen LogP contribution in [0.1, 0.15) is 13.8 Å². The normalized spacial score (nSPS) is 12.2. The van der Waals surface area contributed by atoms with Crippen molar-refractivity contribution in [2.45, 2.75) is 18.7 Å². The van der Waals surface area contributed by atoms with Crippen LogP contribution in [-0.2, 0) is 10.0 Å². The van der Waals surface area contributed by atoms with E-state index in [0.717, 1.165) is 4.47 Å². The Morgan fingerprint density at radius 3 is 2.75 bits per heavy atom. The molecule has 2 aromatic rings. The van der Waals surface area contributed by atoms with Gasteiger partial charge < -0.3 is 0 Å². The molecule has 108 valence electrons. The van der Waals surface area contributed by atoms with Crippen LogP contribution in [0.2, 0.25) is 5.02 Å². The molecule has 0 atom stereocenters.